The largest absolute Gasteiger partial charge is 0.270 e. The van der Waals surface area contributed by atoms with Gasteiger partial charge in [-0.05, 0) is 42.5 Å². The molecule has 0 radical (unpaired) electrons. The highest BCUT2D eigenvalue weighted by atomic mass is 35.5. The summed E-state index contributed by atoms with van der Waals surface area (Å²) in [7, 11) is 0. The molecule has 0 aliphatic rings. The second-order valence-corrected chi connectivity index (χ2v) is 6.64. The van der Waals surface area contributed by atoms with Gasteiger partial charge < -0.3 is 0 Å². The molecule has 0 spiro atoms. The number of amides is 2. The molecule has 2 amide bonds. The summed E-state index contributed by atoms with van der Waals surface area (Å²) in [4.78, 5) is 34.0. The number of nitrogens with one attached hydrogen (secondary N) is 2. The Morgan fingerprint density at radius 2 is 1.59 bits per heavy atom. The van der Waals surface area contributed by atoms with E-state index in [1.54, 1.807) is 36.5 Å². The molecule has 0 unspecified atom stereocenters. The lowest BCUT2D eigenvalue weighted by Gasteiger charge is -2.11. The van der Waals surface area contributed by atoms with E-state index in [9.17, 15) is 9.59 Å². The van der Waals surface area contributed by atoms with Gasteiger partial charge in [0.25, 0.3) is 11.8 Å². The third kappa shape index (κ3) is 4.07. The second-order valence-electron chi connectivity index (χ2n) is 6.21. The predicted molar refractivity (Wildman–Crippen MR) is 111 cm³/mol. The third-order valence-electron chi connectivity index (χ3n) is 4.26. The zero-order valence-corrected chi connectivity index (χ0v) is 15.9. The van der Waals surface area contributed by atoms with Crippen molar-refractivity contribution in [2.24, 2.45) is 0 Å². The van der Waals surface area contributed by atoms with Crippen molar-refractivity contribution in [2.75, 3.05) is 0 Å². The van der Waals surface area contributed by atoms with E-state index in [4.69, 9.17) is 11.6 Å². The summed E-state index contributed by atoms with van der Waals surface area (Å²) in [6, 6.07) is 20.9. The van der Waals surface area contributed by atoms with Gasteiger partial charge in [-0.1, -0.05) is 41.9 Å². The topological polar surface area (TPSA) is 84.0 Å². The van der Waals surface area contributed by atoms with E-state index < -0.39 is 11.8 Å². The molecule has 0 aliphatic carbocycles. The molecule has 0 bridgehead atoms. The van der Waals surface area contributed by atoms with Crippen LogP contribution in [0.5, 0.6) is 0 Å². The minimum absolute atomic E-state index is 0.339. The van der Waals surface area contributed by atoms with E-state index in [0.29, 0.717) is 38.4 Å². The molecule has 2 aromatic heterocycles. The number of hydrogen-bond acceptors (Lipinski definition) is 4. The van der Waals surface area contributed by atoms with Crippen LogP contribution in [-0.2, 0) is 0 Å². The van der Waals surface area contributed by atoms with Gasteiger partial charge in [0, 0.05) is 22.2 Å². The van der Waals surface area contributed by atoms with Crippen LogP contribution < -0.4 is 10.9 Å². The molecule has 2 aromatic carbocycles. The summed E-state index contributed by atoms with van der Waals surface area (Å²) >= 11 is 5.91. The molecule has 6 nitrogen and oxygen atoms in total. The highest BCUT2D eigenvalue weighted by Gasteiger charge is 2.15. The maximum Gasteiger partial charge on any atom is 0.270 e. The standard InChI is InChI=1S/C22H15ClN4O2/c23-15-7-5-6-14(12-15)21(28)26-27-22(29)17-13-20(19-10-3-4-11-24-19)25-18-9-2-1-8-16(17)18/h1-13H,(H,26,28)(H,27,29). The molecule has 142 valence electrons. The fourth-order valence-corrected chi connectivity index (χ4v) is 3.08. The average Bonchev–Trinajstić information content (AvgIpc) is 2.77. The number of aromatic nitrogens is 2. The molecule has 4 rings (SSSR count). The van der Waals surface area contributed by atoms with Crippen molar-refractivity contribution in [3.05, 3.63) is 95.1 Å². The molecule has 7 heteroatoms. The van der Waals surface area contributed by atoms with Crippen LogP contribution in [0.2, 0.25) is 5.02 Å². The minimum Gasteiger partial charge on any atom is -0.267 e. The first-order valence-electron chi connectivity index (χ1n) is 8.79. The Bertz CT molecular complexity index is 1210. The second kappa shape index (κ2) is 8.08. The molecule has 4 aromatic rings. The maximum atomic E-state index is 12.8. The Balaban J connectivity index is 1.64. The van der Waals surface area contributed by atoms with Crippen molar-refractivity contribution in [3.63, 3.8) is 0 Å². The molecule has 0 aliphatic heterocycles. The van der Waals surface area contributed by atoms with E-state index in [2.05, 4.69) is 20.8 Å². The number of carbonyl (C=O) groups is 2. The number of carbonyl (C=O) groups excluding carboxylic acids is 2. The molecule has 0 saturated heterocycles. The first kappa shape index (κ1) is 18.6. The van der Waals surface area contributed by atoms with Crippen LogP contribution in [0.15, 0.2) is 79.0 Å². The SMILES string of the molecule is O=C(NNC(=O)c1cc(-c2ccccn2)nc2ccccc12)c1cccc(Cl)c1. The Morgan fingerprint density at radius 1 is 0.793 bits per heavy atom. The number of hydrazine groups is 1. The number of para-hydroxylation sites is 1. The van der Waals surface area contributed by atoms with Gasteiger partial charge >= 0.3 is 0 Å². The summed E-state index contributed by atoms with van der Waals surface area (Å²) in [5.74, 6) is -0.930. The summed E-state index contributed by atoms with van der Waals surface area (Å²) in [6.07, 6.45) is 1.66. The Hall–Kier alpha value is -3.77. The van der Waals surface area contributed by atoms with Gasteiger partial charge in [-0.2, -0.15) is 0 Å². The van der Waals surface area contributed by atoms with E-state index >= 15 is 0 Å². The maximum absolute atomic E-state index is 12.8. The van der Waals surface area contributed by atoms with Crippen molar-refractivity contribution in [2.45, 2.75) is 0 Å². The molecular weight excluding hydrogens is 388 g/mol. The van der Waals surface area contributed by atoms with Gasteiger partial charge in [0.05, 0.1) is 22.5 Å². The smallest absolute Gasteiger partial charge is 0.267 e. The van der Waals surface area contributed by atoms with Crippen LogP contribution in [0.4, 0.5) is 0 Å². The fraction of sp³-hybridized carbons (Fsp3) is 0. The zero-order valence-electron chi connectivity index (χ0n) is 15.1. The average molecular weight is 403 g/mol. The number of rotatable bonds is 3. The first-order chi connectivity index (χ1) is 14.1. The monoisotopic (exact) mass is 402 g/mol. The van der Waals surface area contributed by atoms with Crippen molar-refractivity contribution in [1.29, 1.82) is 0 Å². The van der Waals surface area contributed by atoms with Crippen molar-refractivity contribution < 1.29 is 9.59 Å². The molecule has 2 N–H and O–H groups in total. The quantitative estimate of drug-likeness (QED) is 0.507. The molecule has 0 saturated carbocycles. The van der Waals surface area contributed by atoms with E-state index in [1.807, 2.05) is 36.4 Å². The van der Waals surface area contributed by atoms with Crippen LogP contribution in [0.3, 0.4) is 0 Å². The normalized spacial score (nSPS) is 10.5. The number of pyridine rings is 2. The van der Waals surface area contributed by atoms with Gasteiger partial charge in [-0.25, -0.2) is 4.98 Å². The number of hydrogen-bond donors (Lipinski definition) is 2. The lowest BCUT2D eigenvalue weighted by molar-refractivity contribution is 0.0847. The third-order valence-corrected chi connectivity index (χ3v) is 4.50. The predicted octanol–water partition coefficient (Wildman–Crippen LogP) is 4.03. The van der Waals surface area contributed by atoms with Gasteiger partial charge in [-0.15, -0.1) is 0 Å². The lowest BCUT2D eigenvalue weighted by Crippen LogP contribution is -2.41. The summed E-state index contributed by atoms with van der Waals surface area (Å²) in [5.41, 5.74) is 7.46. The summed E-state index contributed by atoms with van der Waals surface area (Å²) in [5, 5.41) is 1.10. The van der Waals surface area contributed by atoms with Gasteiger partial charge in [-0.3, -0.25) is 25.4 Å². The first-order valence-corrected chi connectivity index (χ1v) is 9.17. The Labute approximate surface area is 171 Å². The van der Waals surface area contributed by atoms with E-state index in [1.165, 1.54) is 6.07 Å². The van der Waals surface area contributed by atoms with Crippen molar-refractivity contribution in [1.82, 2.24) is 20.8 Å². The van der Waals surface area contributed by atoms with E-state index in [0.717, 1.165) is 0 Å². The van der Waals surface area contributed by atoms with Crippen LogP contribution in [0.25, 0.3) is 22.3 Å². The zero-order chi connectivity index (χ0) is 20.2. The van der Waals surface area contributed by atoms with Crippen molar-refractivity contribution in [3.8, 4) is 11.4 Å². The highest BCUT2D eigenvalue weighted by molar-refractivity contribution is 6.31. The van der Waals surface area contributed by atoms with Gasteiger partial charge in [0.2, 0.25) is 0 Å². The van der Waals surface area contributed by atoms with Gasteiger partial charge in [0.1, 0.15) is 0 Å². The fourth-order valence-electron chi connectivity index (χ4n) is 2.89. The molecule has 29 heavy (non-hydrogen) atoms. The molecule has 2 heterocycles. The Morgan fingerprint density at radius 3 is 2.38 bits per heavy atom. The van der Waals surface area contributed by atoms with Crippen LogP contribution in [0, 0.1) is 0 Å². The Kier molecular flexibility index (Phi) is 5.18. The van der Waals surface area contributed by atoms with Crippen molar-refractivity contribution >= 4 is 34.3 Å². The molecule has 0 atom stereocenters. The lowest BCUT2D eigenvalue weighted by atomic mass is 10.1. The van der Waals surface area contributed by atoms with Crippen LogP contribution in [0.1, 0.15) is 20.7 Å². The number of fused-ring (bicyclic) bond motifs is 1. The number of nitrogens with zero attached hydrogens (tertiary/aromatic N) is 2. The van der Waals surface area contributed by atoms with Crippen LogP contribution in [-0.4, -0.2) is 21.8 Å². The van der Waals surface area contributed by atoms with Gasteiger partial charge in [0.15, 0.2) is 0 Å². The van der Waals surface area contributed by atoms with E-state index in [-0.39, 0.29) is 0 Å². The molecular formula is C22H15ClN4O2. The minimum atomic E-state index is -0.468. The van der Waals surface area contributed by atoms with Crippen LogP contribution >= 0.6 is 11.6 Å². The number of benzene rings is 2. The number of halogens is 1. The molecule has 0 fully saturated rings. The highest BCUT2D eigenvalue weighted by Crippen LogP contribution is 2.23. The summed E-state index contributed by atoms with van der Waals surface area (Å²) in [6.45, 7) is 0. The summed E-state index contributed by atoms with van der Waals surface area (Å²) < 4.78 is 0.